The predicted molar refractivity (Wildman–Crippen MR) is 213 cm³/mol. The van der Waals surface area contributed by atoms with Crippen molar-refractivity contribution in [3.05, 3.63) is 94.5 Å². The summed E-state index contributed by atoms with van der Waals surface area (Å²) in [6.07, 6.45) is 0.306. The second-order valence-electron chi connectivity index (χ2n) is 16.5. The summed E-state index contributed by atoms with van der Waals surface area (Å²) in [5, 5.41) is 31.2. The van der Waals surface area contributed by atoms with E-state index in [0.29, 0.717) is 18.4 Å². The standard InChI is InChI=1S/C22H27F3O4S.C21H25ClN2O3/c1-11-6-13-14-8-16(24)15-7-12(26)4-5-19(15,2)21(14,25)17(27)9-20(13,3)22(11,29)18(28)30-10-23;22-19-8-6-18(7-9-19)21(17-4-2-1-3-5-17)24-12-10-23(11-13-24)14-15-27-16-20(25)26/h4-5,7,11,13-14,16-17,27,29H,6,8-10H2,1-3H3;1-9,21H,10-16H2,(H,25,26)/t11-,13+,14+,16+,17+,19+,20+,21+,22+;/m1./s1. The summed E-state index contributed by atoms with van der Waals surface area (Å²) in [7, 11) is 0. The second-order valence-corrected chi connectivity index (χ2v) is 17.8. The van der Waals surface area contributed by atoms with Crippen molar-refractivity contribution in [1.29, 1.82) is 0 Å². The molecule has 0 bridgehead atoms. The van der Waals surface area contributed by atoms with Gasteiger partial charge in [0.2, 0.25) is 5.12 Å². The number of halogens is 4. The number of allylic oxidation sites excluding steroid dienone is 4. The Hall–Kier alpha value is -3.04. The zero-order chi connectivity index (χ0) is 41.3. The molecule has 57 heavy (non-hydrogen) atoms. The quantitative estimate of drug-likeness (QED) is 0.225. The first-order chi connectivity index (χ1) is 27.0. The summed E-state index contributed by atoms with van der Waals surface area (Å²) in [4.78, 5) is 39.9. The molecule has 0 radical (unpaired) electrons. The fourth-order valence-electron chi connectivity index (χ4n) is 10.6. The van der Waals surface area contributed by atoms with Crippen molar-refractivity contribution in [3.63, 3.8) is 0 Å². The molecule has 14 heteroatoms. The van der Waals surface area contributed by atoms with Gasteiger partial charge in [0.05, 0.1) is 18.8 Å². The first-order valence-electron chi connectivity index (χ1n) is 19.5. The van der Waals surface area contributed by atoms with Crippen LogP contribution in [0, 0.1) is 28.6 Å². The van der Waals surface area contributed by atoms with Crippen molar-refractivity contribution in [2.75, 3.05) is 51.9 Å². The normalized spacial score (nSPS) is 35.6. The number of ether oxygens (including phenoxy) is 1. The van der Waals surface area contributed by atoms with E-state index in [1.165, 1.54) is 30.2 Å². The number of hydrogen-bond acceptors (Lipinski definition) is 9. The van der Waals surface area contributed by atoms with Crippen LogP contribution < -0.4 is 0 Å². The number of carboxylic acids is 1. The lowest BCUT2D eigenvalue weighted by molar-refractivity contribution is -0.221. The van der Waals surface area contributed by atoms with E-state index in [9.17, 15) is 29.0 Å². The fourth-order valence-corrected chi connectivity index (χ4v) is 11.5. The lowest BCUT2D eigenvalue weighted by atomic mass is 9.44. The molecule has 9 nitrogen and oxygen atoms in total. The van der Waals surface area contributed by atoms with Gasteiger partial charge in [-0.2, -0.15) is 0 Å². The molecule has 0 aromatic heterocycles. The van der Waals surface area contributed by atoms with Gasteiger partial charge >= 0.3 is 5.97 Å². The Bertz CT molecular complexity index is 1850. The van der Waals surface area contributed by atoms with Gasteiger partial charge in [-0.1, -0.05) is 85.8 Å². The monoisotopic (exact) mass is 832 g/mol. The highest BCUT2D eigenvalue weighted by molar-refractivity contribution is 8.13. The molecule has 3 N–H and O–H groups in total. The van der Waals surface area contributed by atoms with Gasteiger partial charge in [0.1, 0.15) is 24.4 Å². The van der Waals surface area contributed by atoms with Crippen LogP contribution in [0.2, 0.25) is 5.02 Å². The summed E-state index contributed by atoms with van der Waals surface area (Å²) in [6.45, 7) is 9.54. The van der Waals surface area contributed by atoms with Crippen molar-refractivity contribution in [3.8, 4) is 0 Å². The Labute approximate surface area is 341 Å². The van der Waals surface area contributed by atoms with Crippen molar-refractivity contribution in [2.45, 2.75) is 69.6 Å². The molecule has 7 rings (SSSR count). The lowest BCUT2D eigenvalue weighted by Crippen LogP contribution is -2.70. The minimum absolute atomic E-state index is 0.0294. The first kappa shape index (κ1) is 43.5. The van der Waals surface area contributed by atoms with Gasteiger partial charge in [-0.3, -0.25) is 19.4 Å². The molecule has 0 amide bonds. The number of ketones is 1. The third kappa shape index (κ3) is 7.90. The number of thioether (sulfide) groups is 1. The van der Waals surface area contributed by atoms with E-state index in [4.69, 9.17) is 21.4 Å². The van der Waals surface area contributed by atoms with Gasteiger partial charge in [0, 0.05) is 54.5 Å². The van der Waals surface area contributed by atoms with Crippen molar-refractivity contribution in [1.82, 2.24) is 9.80 Å². The van der Waals surface area contributed by atoms with Gasteiger partial charge in [-0.15, -0.1) is 0 Å². The Balaban J connectivity index is 0.000000194. The average Bonchev–Trinajstić information content (AvgIpc) is 3.39. The van der Waals surface area contributed by atoms with Gasteiger partial charge in [0.15, 0.2) is 11.5 Å². The third-order valence-corrected chi connectivity index (χ3v) is 14.5. The molecule has 1 saturated heterocycles. The first-order valence-corrected chi connectivity index (χ1v) is 20.9. The van der Waals surface area contributed by atoms with Gasteiger partial charge in [-0.05, 0) is 79.0 Å². The van der Waals surface area contributed by atoms with Crippen LogP contribution in [0.4, 0.5) is 13.2 Å². The molecular formula is C43H52ClF3N2O7S. The van der Waals surface area contributed by atoms with E-state index in [0.717, 1.165) is 43.8 Å². The molecule has 5 aliphatic rings. The maximum atomic E-state index is 16.9. The number of fused-ring (bicyclic) bond motifs is 5. The summed E-state index contributed by atoms with van der Waals surface area (Å²) in [6, 6.07) is 17.8. The molecule has 2 aromatic rings. The number of carbonyl (C=O) groups is 3. The molecule has 1 unspecified atom stereocenters. The molecule has 4 fully saturated rings. The van der Waals surface area contributed by atoms with Crippen LogP contribution in [0.1, 0.15) is 57.2 Å². The highest BCUT2D eigenvalue weighted by atomic mass is 35.5. The molecule has 10 atom stereocenters. The number of nitrogens with zero attached hydrogens (tertiary/aromatic N) is 2. The number of hydrogen-bond donors (Lipinski definition) is 3. The molecule has 2 aromatic carbocycles. The van der Waals surface area contributed by atoms with Crippen LogP contribution in [-0.4, -0.2) is 117 Å². The van der Waals surface area contributed by atoms with Crippen LogP contribution in [0.3, 0.4) is 0 Å². The number of piperazine rings is 1. The number of benzene rings is 2. The van der Waals surface area contributed by atoms with Crippen LogP contribution in [-0.2, 0) is 19.1 Å². The zero-order valence-corrected chi connectivity index (χ0v) is 34.0. The Kier molecular flexibility index (Phi) is 13.2. The van der Waals surface area contributed by atoms with Crippen molar-refractivity contribution >= 4 is 40.2 Å². The van der Waals surface area contributed by atoms with Gasteiger partial charge < -0.3 is 20.1 Å². The SMILES string of the molecule is C[C@@H]1C[C@H]2[C@@H]3C[C@H](F)C4=CC(=O)C=C[C@]4(C)[C@@]3(F)[C@@H](O)C[C@]2(C)[C@@]1(O)C(=O)SCF.O=C(O)COCCN1CCN(C(c2ccccc2)c2ccc(Cl)cc2)CC1. The smallest absolute Gasteiger partial charge is 0.329 e. The average molecular weight is 833 g/mol. The maximum absolute atomic E-state index is 16.9. The molecule has 1 aliphatic heterocycles. The van der Waals surface area contributed by atoms with Gasteiger partial charge in [0.25, 0.3) is 0 Å². The van der Waals surface area contributed by atoms with Crippen LogP contribution >= 0.6 is 23.4 Å². The summed E-state index contributed by atoms with van der Waals surface area (Å²) in [5.74, 6) is -3.49. The van der Waals surface area contributed by atoms with Crippen LogP contribution in [0.5, 0.6) is 0 Å². The Morgan fingerprint density at radius 3 is 2.30 bits per heavy atom. The maximum Gasteiger partial charge on any atom is 0.329 e. The zero-order valence-electron chi connectivity index (χ0n) is 32.5. The largest absolute Gasteiger partial charge is 0.480 e. The third-order valence-electron chi connectivity index (χ3n) is 13.6. The van der Waals surface area contributed by atoms with E-state index in [1.54, 1.807) is 13.8 Å². The number of aliphatic hydroxyl groups is 2. The van der Waals surface area contributed by atoms with Crippen molar-refractivity contribution in [2.24, 2.45) is 28.6 Å². The highest BCUT2D eigenvalue weighted by Crippen LogP contribution is 2.71. The number of carboxylic acid groups (broad SMARTS) is 1. The summed E-state index contributed by atoms with van der Waals surface area (Å²) in [5.41, 5.74) is -4.39. The summed E-state index contributed by atoms with van der Waals surface area (Å²) >= 11 is 6.45. The minimum Gasteiger partial charge on any atom is -0.480 e. The molecule has 4 aliphatic carbocycles. The van der Waals surface area contributed by atoms with E-state index in [-0.39, 0.29) is 37.5 Å². The van der Waals surface area contributed by atoms with E-state index >= 15 is 8.78 Å². The molecule has 310 valence electrons. The highest BCUT2D eigenvalue weighted by Gasteiger charge is 2.76. The van der Waals surface area contributed by atoms with Crippen molar-refractivity contribution < 1.29 is 47.6 Å². The topological polar surface area (TPSA) is 128 Å². The van der Waals surface area contributed by atoms with E-state index < -0.39 is 75.0 Å². The Morgan fingerprint density at radius 2 is 1.67 bits per heavy atom. The predicted octanol–water partition coefficient (Wildman–Crippen LogP) is 6.62. The number of aliphatic carboxylic acids is 1. The lowest BCUT2D eigenvalue weighted by Gasteiger charge is -2.63. The molecule has 1 heterocycles. The number of aliphatic hydroxyl groups excluding tert-OH is 1. The number of alkyl halides is 3. The molecule has 0 spiro atoms. The number of rotatable bonds is 10. The summed E-state index contributed by atoms with van der Waals surface area (Å²) < 4.78 is 50.2. The van der Waals surface area contributed by atoms with Crippen LogP contribution in [0.15, 0.2) is 78.4 Å². The van der Waals surface area contributed by atoms with Crippen LogP contribution in [0.25, 0.3) is 0 Å². The fraction of sp³-hybridized carbons (Fsp3) is 0.558. The molecule has 3 saturated carbocycles. The van der Waals surface area contributed by atoms with E-state index in [2.05, 4.69) is 46.2 Å². The second kappa shape index (κ2) is 17.3. The minimum atomic E-state index is -2.26. The number of carbonyl (C=O) groups excluding carboxylic acids is 2. The molecular weight excluding hydrogens is 781 g/mol. The Morgan fingerprint density at radius 1 is 1.02 bits per heavy atom. The van der Waals surface area contributed by atoms with Gasteiger partial charge in [-0.25, -0.2) is 18.0 Å². The van der Waals surface area contributed by atoms with E-state index in [1.807, 2.05) is 18.2 Å².